The molecule has 6 saturated heterocycles. The van der Waals surface area contributed by atoms with Crippen molar-refractivity contribution < 1.29 is 81.4 Å². The van der Waals surface area contributed by atoms with Gasteiger partial charge in [0.15, 0.2) is 35.7 Å². The lowest BCUT2D eigenvalue weighted by atomic mass is 9.96. The van der Waals surface area contributed by atoms with Crippen LogP contribution in [0.5, 0.6) is 0 Å². The van der Waals surface area contributed by atoms with Gasteiger partial charge in [-0.3, -0.25) is 9.59 Å². The molecule has 12 atom stereocenters. The summed E-state index contributed by atoms with van der Waals surface area (Å²) < 4.78 is 74.7. The minimum absolute atomic E-state index is 0. The minimum Gasteiger partial charge on any atom is -0.466 e. The van der Waals surface area contributed by atoms with Gasteiger partial charge in [0.25, 0.3) is 0 Å². The summed E-state index contributed by atoms with van der Waals surface area (Å²) in [6.07, 6.45) is -3.65. The van der Waals surface area contributed by atoms with Gasteiger partial charge in [-0.2, -0.15) is 0 Å². The molecule has 0 amide bonds. The van der Waals surface area contributed by atoms with Gasteiger partial charge < -0.3 is 67.1 Å². The second-order valence-electron chi connectivity index (χ2n) is 15.2. The standard InChI is InChI=1S/C20H32O9.C15H22O7.H2O/c1-8-23-16(21)10(2)11(3)17(22)24-9-12-13-14(27-19(4,5)26-13)15-18(25-12)29-20(6,7)28-15;1-6-9(16)17-7-8-10-11(20-14(2,3)19-10)12-13(18-8)22-15(4,5)21-12;/h10-15,18H,8-9H2,1-7H3;6,8,10-13H,1,7H2,2-5H3;1H2. The van der Waals surface area contributed by atoms with Gasteiger partial charge in [-0.15, -0.1) is 0 Å². The predicted octanol–water partition coefficient (Wildman–Crippen LogP) is 2.05. The molecule has 12 unspecified atom stereocenters. The Morgan fingerprint density at radius 2 is 0.923 bits per heavy atom. The van der Waals surface area contributed by atoms with E-state index in [-0.39, 0.29) is 37.5 Å². The normalized spacial score (nSPS) is 38.0. The summed E-state index contributed by atoms with van der Waals surface area (Å²) in [5.41, 5.74) is 0. The summed E-state index contributed by atoms with van der Waals surface area (Å²) in [6.45, 7) is 23.1. The third-order valence-electron chi connectivity index (χ3n) is 9.23. The SMILES string of the molecule is C=CC(=O)OCC1OC2OC(C)(C)OC2C2OC(C)(C)OC12.CCOC(=O)C(C)C(C)C(=O)OCC1OC2OC(C)(C)OC2C2OC(C)(C)OC12.O. The zero-order valence-corrected chi connectivity index (χ0v) is 31.9. The fourth-order valence-corrected chi connectivity index (χ4v) is 6.86. The lowest BCUT2D eigenvalue weighted by Gasteiger charge is -2.37. The Morgan fingerprint density at radius 1 is 0.577 bits per heavy atom. The lowest BCUT2D eigenvalue weighted by molar-refractivity contribution is -0.242. The Bertz CT molecular complexity index is 1300. The highest BCUT2D eigenvalue weighted by molar-refractivity contribution is 5.81. The molecule has 17 heteroatoms. The van der Waals surface area contributed by atoms with E-state index in [0.29, 0.717) is 0 Å². The number of esters is 3. The number of rotatable bonds is 9. The van der Waals surface area contributed by atoms with E-state index in [1.807, 2.05) is 41.5 Å². The van der Waals surface area contributed by atoms with Crippen molar-refractivity contribution in [3.05, 3.63) is 12.7 Å². The van der Waals surface area contributed by atoms with Crippen molar-refractivity contribution >= 4 is 17.9 Å². The second-order valence-corrected chi connectivity index (χ2v) is 15.2. The molecule has 0 saturated carbocycles. The highest BCUT2D eigenvalue weighted by atomic mass is 16.9. The van der Waals surface area contributed by atoms with E-state index >= 15 is 0 Å². The maximum atomic E-state index is 12.5. The molecule has 0 aliphatic carbocycles. The minimum atomic E-state index is -0.822. The highest BCUT2D eigenvalue weighted by Crippen LogP contribution is 2.45. The van der Waals surface area contributed by atoms with Crippen molar-refractivity contribution in [1.29, 1.82) is 0 Å². The smallest absolute Gasteiger partial charge is 0.330 e. The van der Waals surface area contributed by atoms with Gasteiger partial charge >= 0.3 is 17.9 Å². The average Bonchev–Trinajstić information content (AvgIpc) is 3.74. The molecule has 0 aromatic rings. The van der Waals surface area contributed by atoms with Crippen molar-refractivity contribution in [1.82, 2.24) is 0 Å². The van der Waals surface area contributed by atoms with Crippen molar-refractivity contribution in [3.63, 3.8) is 0 Å². The third kappa shape index (κ3) is 9.49. The Hall–Kier alpha value is -2.29. The van der Waals surface area contributed by atoms with E-state index in [9.17, 15) is 14.4 Å². The first-order valence-electron chi connectivity index (χ1n) is 17.5. The predicted molar refractivity (Wildman–Crippen MR) is 176 cm³/mol. The third-order valence-corrected chi connectivity index (χ3v) is 9.23. The molecule has 0 radical (unpaired) electrons. The largest absolute Gasteiger partial charge is 0.466 e. The molecule has 6 aliphatic rings. The zero-order chi connectivity index (χ0) is 37.7. The van der Waals surface area contributed by atoms with E-state index in [0.717, 1.165) is 6.08 Å². The van der Waals surface area contributed by atoms with Crippen LogP contribution >= 0.6 is 0 Å². The topological polar surface area (TPSA) is 203 Å². The second kappa shape index (κ2) is 15.8. The number of carbonyl (C=O) groups excluding carboxylic acids is 3. The van der Waals surface area contributed by atoms with Gasteiger partial charge in [0.05, 0.1) is 18.4 Å². The first-order chi connectivity index (χ1) is 23.6. The first kappa shape index (κ1) is 42.5. The molecule has 0 spiro atoms. The molecule has 17 nitrogen and oxygen atoms in total. The van der Waals surface area contributed by atoms with E-state index in [2.05, 4.69) is 6.58 Å². The molecular formula is C35H56O17. The van der Waals surface area contributed by atoms with Gasteiger partial charge in [0.2, 0.25) is 0 Å². The van der Waals surface area contributed by atoms with Gasteiger partial charge in [-0.25, -0.2) is 4.79 Å². The van der Waals surface area contributed by atoms with Crippen molar-refractivity contribution in [2.24, 2.45) is 11.8 Å². The molecule has 6 rings (SSSR count). The molecule has 0 aromatic heterocycles. The van der Waals surface area contributed by atoms with Gasteiger partial charge in [-0.1, -0.05) is 20.4 Å². The van der Waals surface area contributed by atoms with Crippen LogP contribution in [0.4, 0.5) is 0 Å². The summed E-state index contributed by atoms with van der Waals surface area (Å²) >= 11 is 0. The van der Waals surface area contributed by atoms with Crippen LogP contribution in [-0.2, 0) is 76.0 Å². The van der Waals surface area contributed by atoms with Crippen molar-refractivity contribution in [3.8, 4) is 0 Å². The molecule has 52 heavy (non-hydrogen) atoms. The number of ether oxygens (including phenoxy) is 13. The average molecular weight is 749 g/mol. The van der Waals surface area contributed by atoms with E-state index < -0.39 is 102 Å². The van der Waals surface area contributed by atoms with Crippen molar-refractivity contribution in [2.75, 3.05) is 19.8 Å². The number of hydrogen-bond acceptors (Lipinski definition) is 16. The number of carbonyl (C=O) groups is 3. The van der Waals surface area contributed by atoms with Crippen LogP contribution in [0.3, 0.4) is 0 Å². The van der Waals surface area contributed by atoms with E-state index in [1.165, 1.54) is 0 Å². The first-order valence-corrected chi connectivity index (χ1v) is 17.5. The van der Waals surface area contributed by atoms with E-state index in [1.54, 1.807) is 34.6 Å². The van der Waals surface area contributed by atoms with Gasteiger partial charge in [0.1, 0.15) is 62.0 Å². The Kier molecular flexibility index (Phi) is 12.9. The number of fused-ring (bicyclic) bond motifs is 6. The summed E-state index contributed by atoms with van der Waals surface area (Å²) in [4.78, 5) is 35.6. The molecule has 6 heterocycles. The van der Waals surface area contributed by atoms with Crippen LogP contribution in [0.1, 0.15) is 76.2 Å². The lowest BCUT2D eigenvalue weighted by Crippen LogP contribution is -2.56. The maximum absolute atomic E-state index is 12.5. The molecule has 298 valence electrons. The molecule has 6 aliphatic heterocycles. The van der Waals surface area contributed by atoms with E-state index in [4.69, 9.17) is 61.6 Å². The van der Waals surface area contributed by atoms with Crippen LogP contribution in [0, 0.1) is 11.8 Å². The summed E-state index contributed by atoms with van der Waals surface area (Å²) in [5, 5.41) is 0. The van der Waals surface area contributed by atoms with Crippen LogP contribution in [0.25, 0.3) is 0 Å². The Morgan fingerprint density at radius 3 is 1.33 bits per heavy atom. The fourth-order valence-electron chi connectivity index (χ4n) is 6.86. The molecule has 6 fully saturated rings. The quantitative estimate of drug-likeness (QED) is 0.188. The molecular weight excluding hydrogens is 692 g/mol. The number of hydrogen-bond donors (Lipinski definition) is 0. The highest BCUT2D eigenvalue weighted by Gasteiger charge is 2.62. The van der Waals surface area contributed by atoms with Gasteiger partial charge in [0, 0.05) is 6.08 Å². The summed E-state index contributed by atoms with van der Waals surface area (Å²) in [7, 11) is 0. The van der Waals surface area contributed by atoms with Crippen LogP contribution in [0.2, 0.25) is 0 Å². The Labute approximate surface area is 304 Å². The Balaban J connectivity index is 0.000000236. The van der Waals surface area contributed by atoms with Gasteiger partial charge in [-0.05, 0) is 62.3 Å². The van der Waals surface area contributed by atoms with Crippen LogP contribution in [0.15, 0.2) is 12.7 Å². The molecule has 0 aromatic carbocycles. The van der Waals surface area contributed by atoms with Crippen LogP contribution in [-0.4, -0.2) is 128 Å². The van der Waals surface area contributed by atoms with Crippen LogP contribution < -0.4 is 0 Å². The maximum Gasteiger partial charge on any atom is 0.330 e. The zero-order valence-electron chi connectivity index (χ0n) is 31.9. The fraction of sp³-hybridized carbons (Fsp3) is 0.857. The molecule has 2 N–H and O–H groups in total. The summed E-state index contributed by atoms with van der Waals surface area (Å²) in [6, 6.07) is 0. The monoisotopic (exact) mass is 748 g/mol. The van der Waals surface area contributed by atoms with Crippen molar-refractivity contribution in [2.45, 2.75) is 161 Å². The summed E-state index contributed by atoms with van der Waals surface area (Å²) in [5.74, 6) is -5.86. The molecule has 0 bridgehead atoms.